The molecule has 0 radical (unpaired) electrons. The van der Waals surface area contributed by atoms with Gasteiger partial charge in [-0.25, -0.2) is 0 Å². The molecule has 0 spiro atoms. The SMILES string of the molecule is O=C(Nc1ccc(Cl)cc1[N+](=O)[O-])c1cc(-c2ccco2)[nH]n1. The van der Waals surface area contributed by atoms with Crippen LogP contribution in [0, 0.1) is 10.1 Å². The molecule has 2 aromatic heterocycles. The van der Waals surface area contributed by atoms with Gasteiger partial charge in [-0.3, -0.25) is 20.0 Å². The molecule has 1 amide bonds. The van der Waals surface area contributed by atoms with Crippen molar-refractivity contribution in [2.24, 2.45) is 0 Å². The predicted octanol–water partition coefficient (Wildman–Crippen LogP) is 3.48. The Bertz CT molecular complexity index is 873. The first-order valence-corrected chi connectivity index (χ1v) is 6.77. The predicted molar refractivity (Wildman–Crippen MR) is 82.3 cm³/mol. The van der Waals surface area contributed by atoms with Crippen molar-refractivity contribution < 1.29 is 14.1 Å². The average molecular weight is 333 g/mol. The number of aromatic nitrogens is 2. The van der Waals surface area contributed by atoms with E-state index in [0.717, 1.165) is 6.07 Å². The van der Waals surface area contributed by atoms with E-state index in [-0.39, 0.29) is 22.1 Å². The second-order valence-electron chi connectivity index (χ2n) is 4.52. The third-order valence-electron chi connectivity index (χ3n) is 3.00. The molecule has 1 aromatic carbocycles. The molecule has 9 heteroatoms. The second kappa shape index (κ2) is 5.93. The highest BCUT2D eigenvalue weighted by Gasteiger charge is 2.19. The summed E-state index contributed by atoms with van der Waals surface area (Å²) in [6.07, 6.45) is 1.49. The van der Waals surface area contributed by atoms with Crippen LogP contribution in [-0.4, -0.2) is 21.0 Å². The van der Waals surface area contributed by atoms with Crippen molar-refractivity contribution in [3.63, 3.8) is 0 Å². The van der Waals surface area contributed by atoms with Crippen LogP contribution >= 0.6 is 11.6 Å². The lowest BCUT2D eigenvalue weighted by Gasteiger charge is -2.04. The number of halogens is 1. The van der Waals surface area contributed by atoms with E-state index in [1.165, 1.54) is 24.5 Å². The van der Waals surface area contributed by atoms with E-state index in [0.29, 0.717) is 11.5 Å². The van der Waals surface area contributed by atoms with Crippen LogP contribution in [0.2, 0.25) is 5.02 Å². The Morgan fingerprint density at radius 3 is 2.87 bits per heavy atom. The van der Waals surface area contributed by atoms with E-state index in [9.17, 15) is 14.9 Å². The number of nitrogens with zero attached hydrogens (tertiary/aromatic N) is 2. The molecule has 0 saturated heterocycles. The first-order valence-electron chi connectivity index (χ1n) is 6.39. The highest BCUT2D eigenvalue weighted by molar-refractivity contribution is 6.31. The summed E-state index contributed by atoms with van der Waals surface area (Å²) in [5.74, 6) is -0.0708. The Morgan fingerprint density at radius 1 is 1.35 bits per heavy atom. The molecule has 0 unspecified atom stereocenters. The van der Waals surface area contributed by atoms with Crippen molar-refractivity contribution >= 4 is 28.9 Å². The normalized spacial score (nSPS) is 10.5. The smallest absolute Gasteiger partial charge is 0.294 e. The topological polar surface area (TPSA) is 114 Å². The fourth-order valence-corrected chi connectivity index (χ4v) is 2.11. The molecule has 0 saturated carbocycles. The van der Waals surface area contributed by atoms with Crippen LogP contribution in [0.4, 0.5) is 11.4 Å². The molecule has 0 fully saturated rings. The Kier molecular flexibility index (Phi) is 3.82. The maximum Gasteiger partial charge on any atom is 0.294 e. The van der Waals surface area contributed by atoms with Crippen LogP contribution in [0.5, 0.6) is 0 Å². The Morgan fingerprint density at radius 2 is 2.17 bits per heavy atom. The number of nitro benzene ring substituents is 1. The molecule has 0 aliphatic heterocycles. The Labute approximate surface area is 134 Å². The van der Waals surface area contributed by atoms with Gasteiger partial charge in [0.2, 0.25) is 0 Å². The number of anilines is 1. The molecule has 0 bridgehead atoms. The van der Waals surface area contributed by atoms with E-state index in [1.807, 2.05) is 0 Å². The van der Waals surface area contributed by atoms with Crippen LogP contribution in [-0.2, 0) is 0 Å². The molecule has 3 rings (SSSR count). The first-order chi connectivity index (χ1) is 11.0. The maximum absolute atomic E-state index is 12.2. The number of amides is 1. The van der Waals surface area contributed by atoms with E-state index < -0.39 is 10.8 Å². The highest BCUT2D eigenvalue weighted by atomic mass is 35.5. The van der Waals surface area contributed by atoms with Gasteiger partial charge >= 0.3 is 0 Å². The minimum Gasteiger partial charge on any atom is -0.463 e. The highest BCUT2D eigenvalue weighted by Crippen LogP contribution is 2.28. The molecule has 0 aliphatic carbocycles. The third kappa shape index (κ3) is 3.06. The third-order valence-corrected chi connectivity index (χ3v) is 3.24. The summed E-state index contributed by atoms with van der Waals surface area (Å²) in [5.41, 5.74) is 0.325. The minimum absolute atomic E-state index is 0.0342. The summed E-state index contributed by atoms with van der Waals surface area (Å²) >= 11 is 5.73. The van der Waals surface area contributed by atoms with Gasteiger partial charge in [-0.2, -0.15) is 5.10 Å². The molecular formula is C14H9ClN4O4. The van der Waals surface area contributed by atoms with E-state index in [4.69, 9.17) is 16.0 Å². The lowest BCUT2D eigenvalue weighted by molar-refractivity contribution is -0.383. The van der Waals surface area contributed by atoms with Crippen molar-refractivity contribution in [3.05, 3.63) is 63.5 Å². The van der Waals surface area contributed by atoms with Gasteiger partial charge in [-0.15, -0.1) is 0 Å². The zero-order valence-electron chi connectivity index (χ0n) is 11.4. The number of aromatic amines is 1. The molecular weight excluding hydrogens is 324 g/mol. The van der Waals surface area contributed by atoms with Gasteiger partial charge in [-0.1, -0.05) is 11.6 Å². The van der Waals surface area contributed by atoms with Crippen LogP contribution in [0.15, 0.2) is 47.1 Å². The number of hydrogen-bond acceptors (Lipinski definition) is 5. The van der Waals surface area contributed by atoms with Crippen LogP contribution < -0.4 is 5.32 Å². The zero-order chi connectivity index (χ0) is 16.4. The fourth-order valence-electron chi connectivity index (χ4n) is 1.94. The van der Waals surface area contributed by atoms with Crippen LogP contribution in [0.25, 0.3) is 11.5 Å². The van der Waals surface area contributed by atoms with Gasteiger partial charge < -0.3 is 9.73 Å². The standard InChI is InChI=1S/C14H9ClN4O4/c15-8-3-4-9(12(6-8)19(21)22)16-14(20)11-7-10(17-18-11)13-2-1-5-23-13/h1-7H,(H,16,20)(H,17,18). The number of nitrogens with one attached hydrogen (secondary N) is 2. The fraction of sp³-hybridized carbons (Fsp3) is 0. The largest absolute Gasteiger partial charge is 0.463 e. The summed E-state index contributed by atoms with van der Waals surface area (Å²) < 4.78 is 5.19. The minimum atomic E-state index is -0.625. The zero-order valence-corrected chi connectivity index (χ0v) is 12.2. The summed E-state index contributed by atoms with van der Waals surface area (Å²) in [7, 11) is 0. The summed E-state index contributed by atoms with van der Waals surface area (Å²) in [4.78, 5) is 22.6. The Hall–Kier alpha value is -3.13. The number of benzene rings is 1. The number of carbonyl (C=O) groups is 1. The van der Waals surface area contributed by atoms with E-state index >= 15 is 0 Å². The van der Waals surface area contributed by atoms with Gasteiger partial charge in [0.15, 0.2) is 11.5 Å². The van der Waals surface area contributed by atoms with Gasteiger partial charge in [0, 0.05) is 17.2 Å². The second-order valence-corrected chi connectivity index (χ2v) is 4.95. The summed E-state index contributed by atoms with van der Waals surface area (Å²) in [5, 5.41) is 20.2. The molecule has 3 aromatic rings. The van der Waals surface area contributed by atoms with Crippen molar-refractivity contribution in [3.8, 4) is 11.5 Å². The van der Waals surface area contributed by atoms with Crippen molar-refractivity contribution in [2.45, 2.75) is 0 Å². The molecule has 0 atom stereocenters. The molecule has 0 aliphatic rings. The molecule has 23 heavy (non-hydrogen) atoms. The van der Waals surface area contributed by atoms with Crippen LogP contribution in [0.3, 0.4) is 0 Å². The number of hydrogen-bond donors (Lipinski definition) is 2. The molecule has 2 N–H and O–H groups in total. The van der Waals surface area contributed by atoms with Crippen molar-refractivity contribution in [2.75, 3.05) is 5.32 Å². The molecule has 116 valence electrons. The van der Waals surface area contributed by atoms with Crippen molar-refractivity contribution in [1.82, 2.24) is 10.2 Å². The number of furan rings is 1. The molecule has 8 nitrogen and oxygen atoms in total. The summed E-state index contributed by atoms with van der Waals surface area (Å²) in [6.45, 7) is 0. The number of carbonyl (C=O) groups excluding carboxylic acids is 1. The van der Waals surface area contributed by atoms with Crippen LogP contribution in [0.1, 0.15) is 10.5 Å². The van der Waals surface area contributed by atoms with Gasteiger partial charge in [0.05, 0.1) is 11.2 Å². The van der Waals surface area contributed by atoms with E-state index in [2.05, 4.69) is 15.5 Å². The van der Waals surface area contributed by atoms with Crippen molar-refractivity contribution in [1.29, 1.82) is 0 Å². The van der Waals surface area contributed by atoms with Gasteiger partial charge in [-0.05, 0) is 24.3 Å². The average Bonchev–Trinajstić information content (AvgIpc) is 3.19. The Balaban J connectivity index is 1.84. The number of H-pyrrole nitrogens is 1. The quantitative estimate of drug-likeness (QED) is 0.560. The molecule has 2 heterocycles. The lowest BCUT2D eigenvalue weighted by Crippen LogP contribution is -2.13. The first kappa shape index (κ1) is 14.8. The number of nitro groups is 1. The van der Waals surface area contributed by atoms with Gasteiger partial charge in [0.25, 0.3) is 11.6 Å². The lowest BCUT2D eigenvalue weighted by atomic mass is 10.2. The van der Waals surface area contributed by atoms with E-state index in [1.54, 1.807) is 12.1 Å². The van der Waals surface area contributed by atoms with Gasteiger partial charge in [0.1, 0.15) is 11.4 Å². The monoisotopic (exact) mass is 332 g/mol. The maximum atomic E-state index is 12.2. The number of rotatable bonds is 4. The summed E-state index contributed by atoms with van der Waals surface area (Å²) in [6, 6.07) is 8.86.